The summed E-state index contributed by atoms with van der Waals surface area (Å²) in [6.45, 7) is 5.52. The molecule has 1 saturated heterocycles. The number of carbonyl (C=O) groups is 1. The molecule has 1 aliphatic heterocycles. The van der Waals surface area contributed by atoms with Gasteiger partial charge in [0, 0.05) is 48.7 Å². The number of nitrogens with zero attached hydrogens (tertiary/aromatic N) is 5. The molecule has 1 aromatic heterocycles. The molecule has 2 heterocycles. The fourth-order valence-corrected chi connectivity index (χ4v) is 4.14. The van der Waals surface area contributed by atoms with Gasteiger partial charge in [-0.05, 0) is 63.5 Å². The van der Waals surface area contributed by atoms with Crippen LogP contribution in [0.3, 0.4) is 0 Å². The topological polar surface area (TPSA) is 64.6 Å². The molecule has 0 atom stereocenters. The first-order valence-electron chi connectivity index (χ1n) is 11.4. The van der Waals surface area contributed by atoms with Crippen molar-refractivity contribution in [2.75, 3.05) is 58.7 Å². The summed E-state index contributed by atoms with van der Waals surface area (Å²) in [7, 11) is 4.17. The van der Waals surface area contributed by atoms with E-state index in [4.69, 9.17) is 21.6 Å². The maximum absolute atomic E-state index is 12.8. The van der Waals surface area contributed by atoms with Crippen LogP contribution < -0.4 is 5.32 Å². The molecule has 3 aromatic rings. The average molecular weight is 467 g/mol. The van der Waals surface area contributed by atoms with Crippen molar-refractivity contribution in [1.82, 2.24) is 24.7 Å². The number of fused-ring (bicyclic) bond motifs is 1. The molecule has 8 heteroatoms. The molecule has 2 aromatic carbocycles. The van der Waals surface area contributed by atoms with Crippen molar-refractivity contribution in [3.05, 3.63) is 64.9 Å². The number of carbonyl (C=O) groups excluding carboxylic acids is 1. The zero-order valence-electron chi connectivity index (χ0n) is 19.3. The van der Waals surface area contributed by atoms with E-state index in [1.807, 2.05) is 23.1 Å². The van der Waals surface area contributed by atoms with Crippen molar-refractivity contribution in [3.8, 4) is 0 Å². The maximum atomic E-state index is 12.8. The third kappa shape index (κ3) is 6.19. The molecule has 0 aliphatic carbocycles. The molecule has 1 aliphatic rings. The van der Waals surface area contributed by atoms with Gasteiger partial charge in [-0.25, -0.2) is 9.97 Å². The van der Waals surface area contributed by atoms with Crippen molar-refractivity contribution in [1.29, 1.82) is 0 Å². The van der Waals surface area contributed by atoms with Crippen LogP contribution in [-0.2, 0) is 6.54 Å². The van der Waals surface area contributed by atoms with Gasteiger partial charge in [0.05, 0.1) is 12.1 Å². The highest BCUT2D eigenvalue weighted by molar-refractivity contribution is 6.30. The fourth-order valence-electron chi connectivity index (χ4n) is 4.02. The molecular weight excluding hydrogens is 436 g/mol. The number of aromatic nitrogens is 2. The number of piperazine rings is 1. The SMILES string of the molecule is CN(C)CCCNc1nc(CN2CCN(C(=O)c3ccc(Cl)cc3)CC2)nc2ccccc12. The molecule has 33 heavy (non-hydrogen) atoms. The smallest absolute Gasteiger partial charge is 0.253 e. The van der Waals surface area contributed by atoms with E-state index in [9.17, 15) is 4.79 Å². The van der Waals surface area contributed by atoms with Crippen LogP contribution in [0.2, 0.25) is 5.02 Å². The van der Waals surface area contributed by atoms with Gasteiger partial charge < -0.3 is 15.1 Å². The number of halogens is 1. The number of anilines is 1. The third-order valence-corrected chi connectivity index (χ3v) is 6.09. The van der Waals surface area contributed by atoms with Gasteiger partial charge in [-0.3, -0.25) is 9.69 Å². The molecule has 0 bridgehead atoms. The first-order valence-corrected chi connectivity index (χ1v) is 11.8. The average Bonchev–Trinajstić information content (AvgIpc) is 2.82. The lowest BCUT2D eigenvalue weighted by Gasteiger charge is -2.34. The van der Waals surface area contributed by atoms with Gasteiger partial charge in [-0.1, -0.05) is 23.7 Å². The Morgan fingerprint density at radius 3 is 2.48 bits per heavy atom. The summed E-state index contributed by atoms with van der Waals surface area (Å²) in [6.07, 6.45) is 1.05. The largest absolute Gasteiger partial charge is 0.369 e. The number of nitrogens with one attached hydrogen (secondary N) is 1. The maximum Gasteiger partial charge on any atom is 0.253 e. The Kier molecular flexibility index (Phi) is 7.75. The molecule has 1 N–H and O–H groups in total. The van der Waals surface area contributed by atoms with E-state index in [2.05, 4.69) is 35.3 Å². The Balaban J connectivity index is 1.38. The fraction of sp³-hybridized carbons (Fsp3) is 0.400. The molecule has 174 valence electrons. The highest BCUT2D eigenvalue weighted by Crippen LogP contribution is 2.21. The van der Waals surface area contributed by atoms with Crippen molar-refractivity contribution < 1.29 is 4.79 Å². The number of para-hydroxylation sites is 1. The summed E-state index contributed by atoms with van der Waals surface area (Å²) in [4.78, 5) is 28.8. The summed E-state index contributed by atoms with van der Waals surface area (Å²) in [5, 5.41) is 5.19. The number of rotatable bonds is 8. The van der Waals surface area contributed by atoms with Gasteiger partial charge in [0.15, 0.2) is 0 Å². The van der Waals surface area contributed by atoms with Crippen molar-refractivity contribution in [3.63, 3.8) is 0 Å². The second-order valence-electron chi connectivity index (χ2n) is 8.66. The van der Waals surface area contributed by atoms with E-state index >= 15 is 0 Å². The van der Waals surface area contributed by atoms with Gasteiger partial charge in [-0.15, -0.1) is 0 Å². The van der Waals surface area contributed by atoms with Crippen LogP contribution in [0, 0.1) is 0 Å². The zero-order chi connectivity index (χ0) is 23.2. The lowest BCUT2D eigenvalue weighted by Crippen LogP contribution is -2.48. The Morgan fingerprint density at radius 2 is 1.76 bits per heavy atom. The minimum Gasteiger partial charge on any atom is -0.369 e. The van der Waals surface area contributed by atoms with Crippen LogP contribution in [-0.4, -0.2) is 83.9 Å². The summed E-state index contributed by atoms with van der Waals surface area (Å²) < 4.78 is 0. The van der Waals surface area contributed by atoms with Crippen molar-refractivity contribution in [2.45, 2.75) is 13.0 Å². The summed E-state index contributed by atoms with van der Waals surface area (Å²) in [6, 6.07) is 15.2. The Labute approximate surface area is 200 Å². The van der Waals surface area contributed by atoms with Crippen LogP contribution >= 0.6 is 11.6 Å². The second kappa shape index (κ2) is 10.9. The highest BCUT2D eigenvalue weighted by atomic mass is 35.5. The number of amides is 1. The summed E-state index contributed by atoms with van der Waals surface area (Å²) in [5.41, 5.74) is 1.63. The summed E-state index contributed by atoms with van der Waals surface area (Å²) in [5.74, 6) is 1.75. The van der Waals surface area contributed by atoms with Crippen molar-refractivity contribution in [2.24, 2.45) is 0 Å². The molecule has 0 unspecified atom stereocenters. The standard InChI is InChI=1S/C25H31ClN6O/c1-30(2)13-5-12-27-24-21-6-3-4-7-22(21)28-23(29-24)18-31-14-16-32(17-15-31)25(33)19-8-10-20(26)11-9-19/h3-4,6-11H,5,12-18H2,1-2H3,(H,27,28,29). The highest BCUT2D eigenvalue weighted by Gasteiger charge is 2.23. The molecule has 1 amide bonds. The third-order valence-electron chi connectivity index (χ3n) is 5.84. The monoisotopic (exact) mass is 466 g/mol. The van der Waals surface area contributed by atoms with E-state index in [1.54, 1.807) is 24.3 Å². The quantitative estimate of drug-likeness (QED) is 0.512. The zero-order valence-corrected chi connectivity index (χ0v) is 20.1. The minimum absolute atomic E-state index is 0.0532. The van der Waals surface area contributed by atoms with Crippen LogP contribution in [0.4, 0.5) is 5.82 Å². The molecule has 1 fully saturated rings. The van der Waals surface area contributed by atoms with E-state index < -0.39 is 0 Å². The molecule has 7 nitrogen and oxygen atoms in total. The van der Waals surface area contributed by atoms with Gasteiger partial charge in [-0.2, -0.15) is 0 Å². The van der Waals surface area contributed by atoms with Crippen LogP contribution in [0.15, 0.2) is 48.5 Å². The van der Waals surface area contributed by atoms with Crippen LogP contribution in [0.25, 0.3) is 10.9 Å². The number of hydrogen-bond acceptors (Lipinski definition) is 6. The Bertz CT molecular complexity index is 1080. The van der Waals surface area contributed by atoms with E-state index in [0.29, 0.717) is 30.2 Å². The van der Waals surface area contributed by atoms with E-state index in [1.165, 1.54) is 0 Å². The Hall–Kier alpha value is -2.74. The van der Waals surface area contributed by atoms with Gasteiger partial charge >= 0.3 is 0 Å². The van der Waals surface area contributed by atoms with Crippen LogP contribution in [0.1, 0.15) is 22.6 Å². The molecule has 4 rings (SSSR count). The Morgan fingerprint density at radius 1 is 1.03 bits per heavy atom. The summed E-state index contributed by atoms with van der Waals surface area (Å²) >= 11 is 5.94. The van der Waals surface area contributed by atoms with E-state index in [-0.39, 0.29) is 5.91 Å². The first kappa shape index (κ1) is 23.4. The molecule has 0 radical (unpaired) electrons. The lowest BCUT2D eigenvalue weighted by molar-refractivity contribution is 0.0625. The van der Waals surface area contributed by atoms with Gasteiger partial charge in [0.25, 0.3) is 5.91 Å². The van der Waals surface area contributed by atoms with Crippen molar-refractivity contribution >= 4 is 34.2 Å². The number of hydrogen-bond donors (Lipinski definition) is 1. The minimum atomic E-state index is 0.0532. The number of benzene rings is 2. The molecule has 0 spiro atoms. The van der Waals surface area contributed by atoms with Gasteiger partial charge in [0.1, 0.15) is 11.6 Å². The lowest BCUT2D eigenvalue weighted by atomic mass is 10.2. The van der Waals surface area contributed by atoms with E-state index in [0.717, 1.165) is 55.1 Å². The molecular formula is C25H31ClN6O. The van der Waals surface area contributed by atoms with Crippen LogP contribution in [0.5, 0.6) is 0 Å². The first-order chi connectivity index (χ1) is 16.0. The second-order valence-corrected chi connectivity index (χ2v) is 9.10. The predicted molar refractivity (Wildman–Crippen MR) is 134 cm³/mol. The van der Waals surface area contributed by atoms with Gasteiger partial charge in [0.2, 0.25) is 0 Å². The molecule has 0 saturated carbocycles. The predicted octanol–water partition coefficient (Wildman–Crippen LogP) is 3.60. The normalized spacial score (nSPS) is 14.7.